The zero-order chi connectivity index (χ0) is 15.5. The summed E-state index contributed by atoms with van der Waals surface area (Å²) in [5.74, 6) is 0.269. The van der Waals surface area contributed by atoms with Gasteiger partial charge in [0.2, 0.25) is 0 Å². The minimum Gasteiger partial charge on any atom is -0.456 e. The molecule has 0 fully saturated rings. The lowest BCUT2D eigenvalue weighted by Crippen LogP contribution is -2.05. The fourth-order valence-corrected chi connectivity index (χ4v) is 1.64. The first-order chi connectivity index (χ1) is 9.94. The normalized spacial score (nSPS) is 10.5. The predicted octanol–water partition coefficient (Wildman–Crippen LogP) is 4.24. The molecule has 0 bridgehead atoms. The fourth-order valence-electron chi connectivity index (χ4n) is 1.64. The molecule has 6 heteroatoms. The number of hydrogen-bond donors (Lipinski definition) is 0. The Morgan fingerprint density at radius 3 is 2.33 bits per heavy atom. The van der Waals surface area contributed by atoms with Crippen molar-refractivity contribution < 1.29 is 17.9 Å². The SMILES string of the molecule is N#Cc1cccc(Oc2ccc(C(F)(F)F)cc2C#N)c1. The van der Waals surface area contributed by atoms with Crippen molar-refractivity contribution in [3.63, 3.8) is 0 Å². The smallest absolute Gasteiger partial charge is 0.416 e. The summed E-state index contributed by atoms with van der Waals surface area (Å²) in [6.45, 7) is 0. The largest absolute Gasteiger partial charge is 0.456 e. The number of rotatable bonds is 2. The van der Waals surface area contributed by atoms with Crippen LogP contribution in [0.1, 0.15) is 16.7 Å². The van der Waals surface area contributed by atoms with E-state index in [0.29, 0.717) is 5.56 Å². The molecule has 0 radical (unpaired) electrons. The third kappa shape index (κ3) is 3.31. The maximum atomic E-state index is 12.6. The monoisotopic (exact) mass is 288 g/mol. The minimum absolute atomic E-state index is 0.000546. The predicted molar refractivity (Wildman–Crippen MR) is 67.4 cm³/mol. The summed E-state index contributed by atoms with van der Waals surface area (Å²) in [6.07, 6.45) is -4.52. The van der Waals surface area contributed by atoms with E-state index < -0.39 is 11.7 Å². The molecule has 0 saturated heterocycles. The first kappa shape index (κ1) is 14.4. The van der Waals surface area contributed by atoms with E-state index >= 15 is 0 Å². The van der Waals surface area contributed by atoms with Gasteiger partial charge in [-0.05, 0) is 36.4 Å². The van der Waals surface area contributed by atoms with E-state index in [9.17, 15) is 13.2 Å². The molecule has 0 N–H and O–H groups in total. The number of nitrogens with zero attached hydrogens (tertiary/aromatic N) is 2. The number of halogens is 3. The topological polar surface area (TPSA) is 56.8 Å². The number of nitriles is 2. The van der Waals surface area contributed by atoms with Crippen molar-refractivity contribution in [3.8, 4) is 23.6 Å². The van der Waals surface area contributed by atoms with Gasteiger partial charge in [-0.25, -0.2) is 0 Å². The molecule has 21 heavy (non-hydrogen) atoms. The molecule has 3 nitrogen and oxygen atoms in total. The molecule has 0 aliphatic rings. The van der Waals surface area contributed by atoms with Gasteiger partial charge >= 0.3 is 6.18 Å². The minimum atomic E-state index is -4.52. The van der Waals surface area contributed by atoms with Gasteiger partial charge in [-0.1, -0.05) is 6.07 Å². The average molecular weight is 288 g/mol. The molecular formula is C15H7F3N2O. The highest BCUT2D eigenvalue weighted by Gasteiger charge is 2.31. The average Bonchev–Trinajstić information content (AvgIpc) is 2.46. The zero-order valence-corrected chi connectivity index (χ0v) is 10.5. The Morgan fingerprint density at radius 1 is 0.952 bits per heavy atom. The molecule has 0 amide bonds. The van der Waals surface area contributed by atoms with Gasteiger partial charge in [0.25, 0.3) is 0 Å². The van der Waals surface area contributed by atoms with Crippen LogP contribution >= 0.6 is 0 Å². The molecule has 0 unspecified atom stereocenters. The maximum absolute atomic E-state index is 12.6. The van der Waals surface area contributed by atoms with Crippen molar-refractivity contribution in [2.24, 2.45) is 0 Å². The highest BCUT2D eigenvalue weighted by Crippen LogP contribution is 2.33. The molecule has 0 aliphatic carbocycles. The highest BCUT2D eigenvalue weighted by atomic mass is 19.4. The van der Waals surface area contributed by atoms with Crippen molar-refractivity contribution in [1.82, 2.24) is 0 Å². The molecule has 0 aliphatic heterocycles. The zero-order valence-electron chi connectivity index (χ0n) is 10.5. The number of benzene rings is 2. The number of ether oxygens (including phenoxy) is 1. The molecule has 0 saturated carbocycles. The van der Waals surface area contributed by atoms with Crippen molar-refractivity contribution >= 4 is 0 Å². The van der Waals surface area contributed by atoms with Gasteiger partial charge < -0.3 is 4.74 Å². The van der Waals surface area contributed by atoms with E-state index in [4.69, 9.17) is 15.3 Å². The molecular weight excluding hydrogens is 281 g/mol. The third-order valence-electron chi connectivity index (χ3n) is 2.62. The Labute approximate surface area is 118 Å². The van der Waals surface area contributed by atoms with Crippen molar-refractivity contribution in [1.29, 1.82) is 10.5 Å². The first-order valence-electron chi connectivity index (χ1n) is 5.73. The van der Waals surface area contributed by atoms with Gasteiger partial charge in [0.15, 0.2) is 0 Å². The van der Waals surface area contributed by atoms with Crippen LogP contribution < -0.4 is 4.74 Å². The third-order valence-corrected chi connectivity index (χ3v) is 2.62. The van der Waals surface area contributed by atoms with E-state index in [2.05, 4.69) is 0 Å². The summed E-state index contributed by atoms with van der Waals surface area (Å²) in [7, 11) is 0. The lowest BCUT2D eigenvalue weighted by atomic mass is 10.1. The molecule has 2 aromatic carbocycles. The Bertz CT molecular complexity index is 755. The summed E-state index contributed by atoms with van der Waals surface area (Å²) in [4.78, 5) is 0. The number of hydrogen-bond acceptors (Lipinski definition) is 3. The molecule has 0 heterocycles. The van der Waals surface area contributed by atoms with E-state index in [0.717, 1.165) is 18.2 Å². The van der Waals surface area contributed by atoms with Crippen LogP contribution in [-0.4, -0.2) is 0 Å². The van der Waals surface area contributed by atoms with Gasteiger partial charge in [-0.15, -0.1) is 0 Å². The van der Waals surface area contributed by atoms with Gasteiger partial charge in [-0.3, -0.25) is 0 Å². The molecule has 0 spiro atoms. The van der Waals surface area contributed by atoms with Gasteiger partial charge in [-0.2, -0.15) is 23.7 Å². The molecule has 0 aromatic heterocycles. The maximum Gasteiger partial charge on any atom is 0.416 e. The molecule has 0 atom stereocenters. The summed E-state index contributed by atoms with van der Waals surface area (Å²) < 4.78 is 43.1. The summed E-state index contributed by atoms with van der Waals surface area (Å²) in [5.41, 5.74) is -0.803. The molecule has 104 valence electrons. The number of alkyl halides is 3. The molecule has 2 rings (SSSR count). The highest BCUT2D eigenvalue weighted by molar-refractivity contribution is 5.48. The van der Waals surface area contributed by atoms with Crippen LogP contribution in [0, 0.1) is 22.7 Å². The van der Waals surface area contributed by atoms with Crippen molar-refractivity contribution in [2.75, 3.05) is 0 Å². The van der Waals surface area contributed by atoms with Crippen LogP contribution in [0.15, 0.2) is 42.5 Å². The van der Waals surface area contributed by atoms with Crippen LogP contribution in [0.5, 0.6) is 11.5 Å². The van der Waals surface area contributed by atoms with Crippen LogP contribution in [0.3, 0.4) is 0 Å². The molecule has 2 aromatic rings. The Morgan fingerprint density at radius 2 is 1.71 bits per heavy atom. The lowest BCUT2D eigenvalue weighted by Gasteiger charge is -2.11. The van der Waals surface area contributed by atoms with Crippen molar-refractivity contribution in [2.45, 2.75) is 6.18 Å². The lowest BCUT2D eigenvalue weighted by molar-refractivity contribution is -0.137. The van der Waals surface area contributed by atoms with Gasteiger partial charge in [0, 0.05) is 0 Å². The van der Waals surface area contributed by atoms with Gasteiger partial charge in [0.1, 0.15) is 17.6 Å². The Hall–Kier alpha value is -2.99. The van der Waals surface area contributed by atoms with Gasteiger partial charge in [0.05, 0.1) is 22.8 Å². The summed E-state index contributed by atoms with van der Waals surface area (Å²) >= 11 is 0. The second-order valence-corrected chi connectivity index (χ2v) is 4.06. The standard InChI is InChI=1S/C15H7F3N2O/c16-15(17,18)12-4-5-14(11(7-12)9-20)21-13-3-1-2-10(6-13)8-19/h1-7H. The van der Waals surface area contributed by atoms with E-state index in [1.807, 2.05) is 6.07 Å². The van der Waals surface area contributed by atoms with E-state index in [1.165, 1.54) is 6.07 Å². The van der Waals surface area contributed by atoms with Crippen LogP contribution in [0.4, 0.5) is 13.2 Å². The van der Waals surface area contributed by atoms with Crippen LogP contribution in [0.25, 0.3) is 0 Å². The van der Waals surface area contributed by atoms with Crippen molar-refractivity contribution in [3.05, 3.63) is 59.2 Å². The van der Waals surface area contributed by atoms with Crippen LogP contribution in [0.2, 0.25) is 0 Å². The quantitative estimate of drug-likeness (QED) is 0.830. The summed E-state index contributed by atoms with van der Waals surface area (Å²) in [6, 6.07) is 12.3. The fraction of sp³-hybridized carbons (Fsp3) is 0.0667. The Kier molecular flexibility index (Phi) is 3.82. The van der Waals surface area contributed by atoms with E-state index in [-0.39, 0.29) is 17.1 Å². The Balaban J connectivity index is 2.37. The second kappa shape index (κ2) is 5.56. The van der Waals surface area contributed by atoms with E-state index in [1.54, 1.807) is 24.3 Å². The second-order valence-electron chi connectivity index (χ2n) is 4.06. The summed E-state index contributed by atoms with van der Waals surface area (Å²) in [5, 5.41) is 17.7. The first-order valence-corrected chi connectivity index (χ1v) is 5.73. The van der Waals surface area contributed by atoms with Crippen LogP contribution in [-0.2, 0) is 6.18 Å².